The molecule has 2 aromatic carbocycles. The van der Waals surface area contributed by atoms with Gasteiger partial charge in [0.1, 0.15) is 5.75 Å². The lowest BCUT2D eigenvalue weighted by molar-refractivity contribution is 0.414. The molecule has 7 heteroatoms. The van der Waals surface area contributed by atoms with E-state index in [4.69, 9.17) is 26.4 Å². The van der Waals surface area contributed by atoms with E-state index in [1.54, 1.807) is 29.8 Å². The summed E-state index contributed by atoms with van der Waals surface area (Å²) in [6.45, 7) is 0. The first-order valence-corrected chi connectivity index (χ1v) is 11.6. The van der Waals surface area contributed by atoms with Crippen molar-refractivity contribution >= 4 is 45.1 Å². The highest BCUT2D eigenvalue weighted by molar-refractivity contribution is 7.14. The fraction of sp³-hybridized carbons (Fsp3) is 0.130. The Bertz CT molecular complexity index is 1170. The molecular formula is C23H18ClN3OS2. The zero-order valence-corrected chi connectivity index (χ0v) is 18.5. The van der Waals surface area contributed by atoms with Gasteiger partial charge in [-0.3, -0.25) is 0 Å². The van der Waals surface area contributed by atoms with Gasteiger partial charge < -0.3 is 4.74 Å². The van der Waals surface area contributed by atoms with Crippen molar-refractivity contribution in [3.05, 3.63) is 86.9 Å². The van der Waals surface area contributed by atoms with Crippen LogP contribution in [-0.2, 0) is 0 Å². The minimum Gasteiger partial charge on any atom is -0.497 e. The molecule has 4 nitrogen and oxygen atoms in total. The smallest absolute Gasteiger partial charge is 0.207 e. The molecule has 1 aliphatic heterocycles. The average molecular weight is 452 g/mol. The quantitative estimate of drug-likeness (QED) is 0.331. The van der Waals surface area contributed by atoms with E-state index in [2.05, 4.69) is 40.0 Å². The third-order valence-corrected chi connectivity index (χ3v) is 7.05. The van der Waals surface area contributed by atoms with E-state index < -0.39 is 0 Å². The maximum Gasteiger partial charge on any atom is 0.207 e. The van der Waals surface area contributed by atoms with Crippen molar-refractivity contribution in [2.24, 2.45) is 5.10 Å². The molecule has 1 aliphatic rings. The van der Waals surface area contributed by atoms with Crippen molar-refractivity contribution in [2.45, 2.75) is 12.5 Å². The standard InChI is InChI=1S/C23H18ClN3OS2/c1-28-18-10-6-16(7-11-18)21-13-19(22-3-2-12-29-22)26-27(21)23-25-20(14-30-23)15-4-8-17(24)9-5-15/h2-12,14,21H,13H2,1H3. The summed E-state index contributed by atoms with van der Waals surface area (Å²) in [5.74, 6) is 0.849. The SMILES string of the molecule is COc1ccc(C2CC(c3cccs3)=NN2c2nc(-c3ccc(Cl)cc3)cs2)cc1. The second-order valence-corrected chi connectivity index (χ2v) is 9.10. The number of thiophene rings is 1. The first kappa shape index (κ1) is 19.3. The van der Waals surface area contributed by atoms with Crippen molar-refractivity contribution < 1.29 is 4.74 Å². The number of aromatic nitrogens is 1. The first-order chi connectivity index (χ1) is 14.7. The Hall–Kier alpha value is -2.67. The average Bonchev–Trinajstić information content (AvgIpc) is 3.54. The fourth-order valence-corrected chi connectivity index (χ4v) is 5.17. The Kier molecular flexibility index (Phi) is 5.29. The summed E-state index contributed by atoms with van der Waals surface area (Å²) < 4.78 is 5.32. The number of rotatable bonds is 5. The molecule has 3 heterocycles. The summed E-state index contributed by atoms with van der Waals surface area (Å²) in [5.41, 5.74) is 4.26. The topological polar surface area (TPSA) is 37.7 Å². The monoisotopic (exact) mass is 451 g/mol. The van der Waals surface area contributed by atoms with Gasteiger partial charge in [-0.25, -0.2) is 9.99 Å². The number of ether oxygens (including phenoxy) is 1. The van der Waals surface area contributed by atoms with Crippen molar-refractivity contribution in [1.29, 1.82) is 0 Å². The molecule has 0 aliphatic carbocycles. The molecule has 150 valence electrons. The predicted molar refractivity (Wildman–Crippen MR) is 126 cm³/mol. The molecule has 2 aromatic heterocycles. The number of nitrogens with zero attached hydrogens (tertiary/aromatic N) is 3. The van der Waals surface area contributed by atoms with Crippen LogP contribution in [0.4, 0.5) is 5.13 Å². The summed E-state index contributed by atoms with van der Waals surface area (Å²) in [6.07, 6.45) is 0.836. The van der Waals surface area contributed by atoms with E-state index in [1.807, 2.05) is 36.4 Å². The van der Waals surface area contributed by atoms with Gasteiger partial charge in [-0.05, 0) is 41.3 Å². The lowest BCUT2D eigenvalue weighted by Crippen LogP contribution is -2.18. The zero-order chi connectivity index (χ0) is 20.5. The molecule has 1 unspecified atom stereocenters. The van der Waals surface area contributed by atoms with Gasteiger partial charge in [-0.2, -0.15) is 5.10 Å². The molecule has 30 heavy (non-hydrogen) atoms. The van der Waals surface area contributed by atoms with E-state index >= 15 is 0 Å². The largest absolute Gasteiger partial charge is 0.497 e. The van der Waals surface area contributed by atoms with Gasteiger partial charge in [0.25, 0.3) is 0 Å². The number of hydrazone groups is 1. The van der Waals surface area contributed by atoms with Crippen LogP contribution in [0.15, 0.2) is 76.5 Å². The summed E-state index contributed by atoms with van der Waals surface area (Å²) in [4.78, 5) is 6.09. The molecule has 0 N–H and O–H groups in total. The second kappa shape index (κ2) is 8.22. The third-order valence-electron chi connectivity index (χ3n) is 5.04. The molecule has 0 saturated carbocycles. The highest BCUT2D eigenvalue weighted by Gasteiger charge is 2.32. The molecule has 5 rings (SSSR count). The van der Waals surface area contributed by atoms with Gasteiger partial charge in [-0.15, -0.1) is 22.7 Å². The van der Waals surface area contributed by atoms with Gasteiger partial charge in [0.2, 0.25) is 5.13 Å². The first-order valence-electron chi connectivity index (χ1n) is 9.47. The number of hydrogen-bond acceptors (Lipinski definition) is 6. The van der Waals surface area contributed by atoms with Crippen LogP contribution in [0.25, 0.3) is 11.3 Å². The predicted octanol–water partition coefficient (Wildman–Crippen LogP) is 6.89. The highest BCUT2D eigenvalue weighted by atomic mass is 35.5. The number of thiazole rings is 1. The van der Waals surface area contributed by atoms with E-state index in [-0.39, 0.29) is 6.04 Å². The Balaban J connectivity index is 1.51. The van der Waals surface area contributed by atoms with E-state index in [1.165, 1.54) is 10.4 Å². The van der Waals surface area contributed by atoms with Gasteiger partial charge in [0.15, 0.2) is 0 Å². The van der Waals surface area contributed by atoms with E-state index in [9.17, 15) is 0 Å². The summed E-state index contributed by atoms with van der Waals surface area (Å²) in [5, 5.41) is 12.8. The van der Waals surface area contributed by atoms with Gasteiger partial charge in [-0.1, -0.05) is 41.9 Å². The number of methoxy groups -OCH3 is 1. The van der Waals surface area contributed by atoms with Crippen LogP contribution in [-0.4, -0.2) is 17.8 Å². The van der Waals surface area contributed by atoms with E-state index in [0.29, 0.717) is 0 Å². The van der Waals surface area contributed by atoms with Crippen LogP contribution in [0.5, 0.6) is 5.75 Å². The Morgan fingerprint density at radius 1 is 1.03 bits per heavy atom. The van der Waals surface area contributed by atoms with Crippen LogP contribution < -0.4 is 9.75 Å². The minimum absolute atomic E-state index is 0.0947. The Morgan fingerprint density at radius 2 is 1.83 bits per heavy atom. The van der Waals surface area contributed by atoms with Gasteiger partial charge in [0.05, 0.1) is 29.4 Å². The highest BCUT2D eigenvalue weighted by Crippen LogP contribution is 2.40. The number of halogens is 1. The molecule has 0 radical (unpaired) electrons. The normalized spacial score (nSPS) is 16.0. The van der Waals surface area contributed by atoms with Crippen LogP contribution in [0, 0.1) is 0 Å². The minimum atomic E-state index is 0.0947. The van der Waals surface area contributed by atoms with Crippen molar-refractivity contribution in [1.82, 2.24) is 4.98 Å². The summed E-state index contributed by atoms with van der Waals surface area (Å²) in [7, 11) is 1.68. The van der Waals surface area contributed by atoms with Crippen molar-refractivity contribution in [3.63, 3.8) is 0 Å². The van der Waals surface area contributed by atoms with Crippen LogP contribution in [0.3, 0.4) is 0 Å². The van der Waals surface area contributed by atoms with Crippen LogP contribution in [0.1, 0.15) is 22.9 Å². The Morgan fingerprint density at radius 3 is 2.53 bits per heavy atom. The zero-order valence-electron chi connectivity index (χ0n) is 16.2. The third kappa shape index (κ3) is 3.74. The molecule has 0 saturated heterocycles. The number of hydrogen-bond donors (Lipinski definition) is 0. The molecule has 0 spiro atoms. The second-order valence-electron chi connectivity index (χ2n) is 6.88. The molecule has 0 fully saturated rings. The summed E-state index contributed by atoms with van der Waals surface area (Å²) >= 11 is 9.35. The molecule has 0 amide bonds. The van der Waals surface area contributed by atoms with Crippen molar-refractivity contribution in [3.8, 4) is 17.0 Å². The summed E-state index contributed by atoms with van der Waals surface area (Å²) in [6, 6.07) is 20.3. The van der Waals surface area contributed by atoms with Crippen molar-refractivity contribution in [2.75, 3.05) is 12.1 Å². The molecule has 4 aromatic rings. The number of anilines is 1. The maximum atomic E-state index is 6.03. The molecule has 0 bridgehead atoms. The molecular weight excluding hydrogens is 434 g/mol. The van der Waals surface area contributed by atoms with Gasteiger partial charge in [0, 0.05) is 22.4 Å². The van der Waals surface area contributed by atoms with Crippen LogP contribution in [0.2, 0.25) is 5.02 Å². The maximum absolute atomic E-state index is 6.03. The fourth-order valence-electron chi connectivity index (χ4n) is 3.49. The lowest BCUT2D eigenvalue weighted by atomic mass is 10.0. The van der Waals surface area contributed by atoms with Crippen LogP contribution >= 0.6 is 34.3 Å². The van der Waals surface area contributed by atoms with Gasteiger partial charge >= 0.3 is 0 Å². The number of benzene rings is 2. The lowest BCUT2D eigenvalue weighted by Gasteiger charge is -2.21. The Labute approximate surface area is 188 Å². The van der Waals surface area contributed by atoms with E-state index in [0.717, 1.165) is 39.3 Å². The molecule has 1 atom stereocenters.